The second kappa shape index (κ2) is 9.12. The van der Waals surface area contributed by atoms with E-state index in [4.69, 9.17) is 0 Å². The van der Waals surface area contributed by atoms with Crippen molar-refractivity contribution in [3.63, 3.8) is 0 Å². The zero-order valence-electron chi connectivity index (χ0n) is 16.9. The molecule has 0 amide bonds. The molecule has 29 heavy (non-hydrogen) atoms. The van der Waals surface area contributed by atoms with Crippen LogP contribution in [0.15, 0.2) is 29.6 Å². The molecule has 1 aliphatic rings. The van der Waals surface area contributed by atoms with Crippen LogP contribution in [0.1, 0.15) is 48.5 Å². The molecule has 160 valence electrons. The van der Waals surface area contributed by atoms with Crippen molar-refractivity contribution in [2.75, 3.05) is 26.2 Å². The molecule has 1 aromatic heterocycles. The first-order valence-electron chi connectivity index (χ1n) is 10.0. The fourth-order valence-electron chi connectivity index (χ4n) is 3.75. The van der Waals surface area contributed by atoms with Crippen molar-refractivity contribution < 1.29 is 18.3 Å². The van der Waals surface area contributed by atoms with Crippen molar-refractivity contribution in [1.29, 1.82) is 0 Å². The van der Waals surface area contributed by atoms with Crippen LogP contribution in [0.4, 0.5) is 13.2 Å². The Kier molecular flexibility index (Phi) is 6.98. The monoisotopic (exact) mass is 427 g/mol. The second-order valence-electron chi connectivity index (χ2n) is 7.55. The lowest BCUT2D eigenvalue weighted by atomic mass is 9.88. The minimum absolute atomic E-state index is 0.232. The van der Waals surface area contributed by atoms with Gasteiger partial charge >= 0.3 is 6.18 Å². The molecule has 2 aromatic rings. The van der Waals surface area contributed by atoms with Crippen molar-refractivity contribution in [2.24, 2.45) is 0 Å². The zero-order valence-corrected chi connectivity index (χ0v) is 17.7. The summed E-state index contributed by atoms with van der Waals surface area (Å²) in [4.78, 5) is 8.90. The summed E-state index contributed by atoms with van der Waals surface area (Å²) in [6, 6.07) is 5.71. The fraction of sp³-hybridized carbons (Fsp3) is 0.571. The van der Waals surface area contributed by atoms with E-state index in [1.165, 1.54) is 12.1 Å². The molecule has 0 spiro atoms. The predicted octanol–water partition coefficient (Wildman–Crippen LogP) is 4.49. The first-order chi connectivity index (χ1) is 13.7. The number of hydrogen-bond donors (Lipinski definition) is 1. The van der Waals surface area contributed by atoms with Crippen molar-refractivity contribution in [3.05, 3.63) is 51.5 Å². The van der Waals surface area contributed by atoms with Gasteiger partial charge in [0, 0.05) is 25.0 Å². The maximum absolute atomic E-state index is 13.2. The number of aliphatic hydroxyl groups is 1. The smallest absolute Gasteiger partial charge is 0.383 e. The van der Waals surface area contributed by atoms with E-state index in [0.717, 1.165) is 30.7 Å². The Bertz CT molecular complexity index is 796. The second-order valence-corrected chi connectivity index (χ2v) is 8.49. The van der Waals surface area contributed by atoms with E-state index < -0.39 is 17.3 Å². The highest BCUT2D eigenvalue weighted by Gasteiger charge is 2.37. The summed E-state index contributed by atoms with van der Waals surface area (Å²) in [7, 11) is 0. The van der Waals surface area contributed by atoms with Gasteiger partial charge < -0.3 is 5.11 Å². The molecule has 0 aliphatic carbocycles. The molecule has 1 N–H and O–H groups in total. The summed E-state index contributed by atoms with van der Waals surface area (Å²) >= 11 is 1.56. The Morgan fingerprint density at radius 2 is 1.83 bits per heavy atom. The van der Waals surface area contributed by atoms with Crippen LogP contribution in [0.25, 0.3) is 0 Å². The number of benzene rings is 1. The third-order valence-electron chi connectivity index (χ3n) is 5.68. The molecule has 2 heterocycles. The van der Waals surface area contributed by atoms with E-state index >= 15 is 0 Å². The van der Waals surface area contributed by atoms with Crippen LogP contribution in [0.3, 0.4) is 0 Å². The van der Waals surface area contributed by atoms with Gasteiger partial charge in [-0.2, -0.15) is 13.2 Å². The molecule has 0 radical (unpaired) electrons. The summed E-state index contributed by atoms with van der Waals surface area (Å²) in [6.07, 6.45) is -3.42. The summed E-state index contributed by atoms with van der Waals surface area (Å²) in [5.74, 6) is 0. The van der Waals surface area contributed by atoms with Crippen LogP contribution in [0, 0.1) is 0 Å². The van der Waals surface area contributed by atoms with E-state index in [9.17, 15) is 18.3 Å². The van der Waals surface area contributed by atoms with Crippen molar-refractivity contribution in [2.45, 2.75) is 51.6 Å². The molecule has 0 bridgehead atoms. The van der Waals surface area contributed by atoms with Gasteiger partial charge in [-0.15, -0.1) is 11.3 Å². The van der Waals surface area contributed by atoms with E-state index in [1.807, 2.05) is 10.3 Å². The van der Waals surface area contributed by atoms with E-state index in [2.05, 4.69) is 23.7 Å². The molecule has 0 saturated carbocycles. The SMILES string of the molecule is CCN(CC)Cc1nc(C2(O)CCN(Cc3ccccc3C(F)(F)F)CC2)cs1. The first-order valence-corrected chi connectivity index (χ1v) is 10.9. The van der Waals surface area contributed by atoms with Crippen LogP contribution >= 0.6 is 11.3 Å². The third-order valence-corrected chi connectivity index (χ3v) is 6.52. The summed E-state index contributed by atoms with van der Waals surface area (Å²) < 4.78 is 39.7. The summed E-state index contributed by atoms with van der Waals surface area (Å²) in [5, 5.41) is 14.0. The number of hydrogen-bond acceptors (Lipinski definition) is 5. The average molecular weight is 428 g/mol. The Balaban J connectivity index is 1.63. The number of piperidine rings is 1. The maximum Gasteiger partial charge on any atom is 0.416 e. The lowest BCUT2D eigenvalue weighted by Crippen LogP contribution is -2.42. The lowest BCUT2D eigenvalue weighted by molar-refractivity contribution is -0.138. The number of rotatable bonds is 7. The largest absolute Gasteiger partial charge is 0.416 e. The average Bonchev–Trinajstić information content (AvgIpc) is 3.17. The van der Waals surface area contributed by atoms with Gasteiger partial charge in [-0.05, 0) is 37.6 Å². The molecule has 1 fully saturated rings. The van der Waals surface area contributed by atoms with Gasteiger partial charge in [0.15, 0.2) is 0 Å². The molecule has 1 saturated heterocycles. The molecule has 1 aromatic carbocycles. The number of alkyl halides is 3. The number of halogens is 3. The Hall–Kier alpha value is -1.48. The van der Waals surface area contributed by atoms with Crippen molar-refractivity contribution >= 4 is 11.3 Å². The number of aromatic nitrogens is 1. The molecule has 0 unspecified atom stereocenters. The normalized spacial score (nSPS) is 17.8. The molecular formula is C21H28F3N3OS. The van der Waals surface area contributed by atoms with Gasteiger partial charge in [0.1, 0.15) is 10.6 Å². The van der Waals surface area contributed by atoms with Crippen molar-refractivity contribution in [3.8, 4) is 0 Å². The molecule has 4 nitrogen and oxygen atoms in total. The van der Waals surface area contributed by atoms with Crippen LogP contribution in [0.5, 0.6) is 0 Å². The molecule has 1 aliphatic heterocycles. The van der Waals surface area contributed by atoms with Gasteiger partial charge in [0.25, 0.3) is 0 Å². The lowest BCUT2D eigenvalue weighted by Gasteiger charge is -2.37. The summed E-state index contributed by atoms with van der Waals surface area (Å²) in [6.45, 7) is 8.19. The third kappa shape index (κ3) is 5.36. The number of thiazole rings is 1. The van der Waals surface area contributed by atoms with Gasteiger partial charge in [0.2, 0.25) is 0 Å². The van der Waals surface area contributed by atoms with Crippen LogP contribution in [-0.2, 0) is 24.9 Å². The molecular weight excluding hydrogens is 399 g/mol. The summed E-state index contributed by atoms with van der Waals surface area (Å²) in [5.41, 5.74) is -0.611. The minimum atomic E-state index is -4.35. The van der Waals surface area contributed by atoms with Gasteiger partial charge in [-0.25, -0.2) is 4.98 Å². The fourth-order valence-corrected chi connectivity index (χ4v) is 4.68. The highest BCUT2D eigenvalue weighted by atomic mass is 32.1. The van der Waals surface area contributed by atoms with Gasteiger partial charge in [-0.1, -0.05) is 32.0 Å². The van der Waals surface area contributed by atoms with Crippen molar-refractivity contribution in [1.82, 2.24) is 14.8 Å². The van der Waals surface area contributed by atoms with E-state index in [0.29, 0.717) is 31.6 Å². The first kappa shape index (κ1) is 22.2. The number of likely N-dealkylation sites (tertiary alicyclic amines) is 1. The minimum Gasteiger partial charge on any atom is -0.383 e. The molecule has 3 rings (SSSR count). The van der Waals surface area contributed by atoms with Crippen LogP contribution in [0.2, 0.25) is 0 Å². The van der Waals surface area contributed by atoms with E-state index in [1.54, 1.807) is 17.4 Å². The standard InChI is InChI=1S/C21H28F3N3OS/c1-3-26(4-2)14-19-25-18(15-29-19)20(28)9-11-27(12-10-20)13-16-7-5-6-8-17(16)21(22,23)24/h5-8,15,28H,3-4,9-14H2,1-2H3. The Labute approximate surface area is 174 Å². The van der Waals surface area contributed by atoms with E-state index in [-0.39, 0.29) is 12.1 Å². The van der Waals surface area contributed by atoms with Crippen LogP contribution in [-0.4, -0.2) is 46.1 Å². The maximum atomic E-state index is 13.2. The topological polar surface area (TPSA) is 39.6 Å². The number of nitrogens with zero attached hydrogens (tertiary/aromatic N) is 3. The van der Waals surface area contributed by atoms with Gasteiger partial charge in [-0.3, -0.25) is 9.80 Å². The quantitative estimate of drug-likeness (QED) is 0.707. The Morgan fingerprint density at radius 1 is 1.17 bits per heavy atom. The molecule has 0 atom stereocenters. The van der Waals surface area contributed by atoms with Gasteiger partial charge in [0.05, 0.1) is 17.8 Å². The Morgan fingerprint density at radius 3 is 2.45 bits per heavy atom. The predicted molar refractivity (Wildman–Crippen MR) is 109 cm³/mol. The highest BCUT2D eigenvalue weighted by Crippen LogP contribution is 2.36. The molecule has 8 heteroatoms. The van der Waals surface area contributed by atoms with Crippen LogP contribution < -0.4 is 0 Å². The highest BCUT2D eigenvalue weighted by molar-refractivity contribution is 7.09. The zero-order chi connectivity index (χ0) is 21.1.